The monoisotopic (exact) mass is 460 g/mol. The first-order valence-corrected chi connectivity index (χ1v) is 17.6. The Labute approximate surface area is 159 Å². The first-order valence-electron chi connectivity index (χ1n) is 10.1. The Balaban J connectivity index is 5.97. The van der Waals surface area contributed by atoms with E-state index in [0.29, 0.717) is 6.42 Å². The number of esters is 1. The first-order chi connectivity index (χ1) is 12.0. The van der Waals surface area contributed by atoms with E-state index in [1.54, 1.807) is 6.08 Å². The van der Waals surface area contributed by atoms with Crippen LogP contribution in [-0.4, -0.2) is 43.2 Å². The molecule has 0 atom stereocenters. The number of hydrogen-bond donors (Lipinski definition) is 1. The third-order valence-corrected chi connectivity index (χ3v) is 21.2. The van der Waals surface area contributed by atoms with Crippen molar-refractivity contribution in [3.63, 3.8) is 0 Å². The molecule has 0 aromatic heterocycles. The molecule has 146 valence electrons. The number of carbonyl (C=O) groups is 1. The van der Waals surface area contributed by atoms with E-state index in [0.717, 1.165) is 5.57 Å². The molecule has 0 rings (SSSR count). The normalized spacial score (nSPS) is 13.2. The summed E-state index contributed by atoms with van der Waals surface area (Å²) in [5.74, 6) is -0.269. The quantitative estimate of drug-likeness (QED) is 0.155. The van der Waals surface area contributed by atoms with Crippen LogP contribution in [0.4, 0.5) is 0 Å². The number of aliphatic hydroxyl groups is 1. The number of rotatable bonds is 14. The zero-order valence-corrected chi connectivity index (χ0v) is 20.1. The Bertz CT molecular complexity index is 405. The molecule has 0 aliphatic rings. The first kappa shape index (κ1) is 24.7. The zero-order valence-electron chi connectivity index (χ0n) is 17.2. The Hall–Kier alpha value is -0.291. The van der Waals surface area contributed by atoms with Gasteiger partial charge in [0.05, 0.1) is 0 Å². The molecule has 0 amide bonds. The molecule has 25 heavy (non-hydrogen) atoms. The summed E-state index contributed by atoms with van der Waals surface area (Å²) in [7, 11) is 1.44. The van der Waals surface area contributed by atoms with Crippen molar-refractivity contribution >= 4 is 24.3 Å². The van der Waals surface area contributed by atoms with Gasteiger partial charge in [0.15, 0.2) is 0 Å². The molecule has 0 aromatic rings. The third-order valence-electron chi connectivity index (χ3n) is 5.04. The molecule has 0 aromatic carbocycles. The predicted molar refractivity (Wildman–Crippen MR) is 110 cm³/mol. The number of methoxy groups -OCH3 is 1. The second-order valence-electron chi connectivity index (χ2n) is 7.07. The molecule has 0 radical (unpaired) electrons. The Morgan fingerprint density at radius 1 is 1.00 bits per heavy atom. The average Bonchev–Trinajstić information content (AvgIpc) is 2.62. The van der Waals surface area contributed by atoms with Crippen LogP contribution in [0.15, 0.2) is 21.3 Å². The summed E-state index contributed by atoms with van der Waals surface area (Å²) in [5.41, 5.74) is 1.08. The third kappa shape index (κ3) is 9.27. The summed E-state index contributed by atoms with van der Waals surface area (Å²) in [6.07, 6.45) is 12.1. The summed E-state index contributed by atoms with van der Waals surface area (Å²) in [5, 5.41) is 9.39. The Morgan fingerprint density at radius 3 is 1.84 bits per heavy atom. The van der Waals surface area contributed by atoms with Crippen molar-refractivity contribution in [1.82, 2.24) is 0 Å². The fourth-order valence-electron chi connectivity index (χ4n) is 3.64. The summed E-state index contributed by atoms with van der Waals surface area (Å²) >= 11 is -2.61. The summed E-state index contributed by atoms with van der Waals surface area (Å²) in [6.45, 7) is 9.04. The molecule has 0 saturated carbocycles. The molecule has 0 fully saturated rings. The molecule has 3 nitrogen and oxygen atoms in total. The molecular formula is C21H40O3Sn. The van der Waals surface area contributed by atoms with E-state index in [1.807, 2.05) is 0 Å². The van der Waals surface area contributed by atoms with Crippen molar-refractivity contribution in [3.05, 3.63) is 21.3 Å². The molecule has 0 aliphatic carbocycles. The summed E-state index contributed by atoms with van der Waals surface area (Å²) in [4.78, 5) is 11.8. The van der Waals surface area contributed by atoms with E-state index >= 15 is 0 Å². The van der Waals surface area contributed by atoms with Crippen LogP contribution in [-0.2, 0) is 9.53 Å². The molecular weight excluding hydrogens is 419 g/mol. The molecule has 0 aliphatic heterocycles. The summed E-state index contributed by atoms with van der Waals surface area (Å²) in [6, 6.07) is 0. The summed E-state index contributed by atoms with van der Waals surface area (Å²) < 4.78 is 10.4. The average molecular weight is 459 g/mol. The molecule has 0 bridgehead atoms. The van der Waals surface area contributed by atoms with E-state index in [4.69, 9.17) is 4.74 Å². The van der Waals surface area contributed by atoms with Gasteiger partial charge in [-0.1, -0.05) is 0 Å². The maximum absolute atomic E-state index is 11.8. The minimum atomic E-state index is -2.61. The van der Waals surface area contributed by atoms with Crippen LogP contribution < -0.4 is 0 Å². The van der Waals surface area contributed by atoms with Crippen LogP contribution in [0.25, 0.3) is 0 Å². The predicted octanol–water partition coefficient (Wildman–Crippen LogP) is 5.80. The maximum atomic E-state index is 11.8. The van der Waals surface area contributed by atoms with Gasteiger partial charge in [-0.25, -0.2) is 0 Å². The van der Waals surface area contributed by atoms with Crippen LogP contribution in [0.1, 0.15) is 72.6 Å². The second-order valence-corrected chi connectivity index (χ2v) is 20.2. The van der Waals surface area contributed by atoms with Gasteiger partial charge in [-0.15, -0.1) is 0 Å². The van der Waals surface area contributed by atoms with Crippen molar-refractivity contribution in [2.24, 2.45) is 0 Å². The number of allylic oxidation sites excluding steroid dienone is 2. The van der Waals surface area contributed by atoms with Gasteiger partial charge in [0.25, 0.3) is 0 Å². The standard InChI is InChI=1S/C9H13O3.3C4H9.Sn/c1-8(5-3-4-6-10)7-9(11)12-2;3*1-3-4-2;/h3,7,10H,4,6H2,1-2H3;3*1,3-4H2,2H3;/b5-3?,8-7+;;;;. The van der Waals surface area contributed by atoms with Crippen molar-refractivity contribution in [1.29, 1.82) is 0 Å². The molecule has 0 saturated heterocycles. The number of unbranched alkanes of at least 4 members (excludes halogenated alkanes) is 3. The minimum absolute atomic E-state index is 0.173. The van der Waals surface area contributed by atoms with Crippen LogP contribution in [0, 0.1) is 0 Å². The molecule has 0 unspecified atom stereocenters. The van der Waals surface area contributed by atoms with Crippen molar-refractivity contribution in [2.75, 3.05) is 13.7 Å². The molecule has 0 heterocycles. The van der Waals surface area contributed by atoms with Gasteiger partial charge < -0.3 is 0 Å². The van der Waals surface area contributed by atoms with E-state index in [-0.39, 0.29) is 12.6 Å². The van der Waals surface area contributed by atoms with E-state index in [1.165, 1.54) is 62.5 Å². The van der Waals surface area contributed by atoms with Crippen LogP contribution in [0.2, 0.25) is 13.3 Å². The number of hydrogen-bond acceptors (Lipinski definition) is 3. The van der Waals surface area contributed by atoms with Gasteiger partial charge in [-0.3, -0.25) is 0 Å². The number of aliphatic hydroxyl groups excluding tert-OH is 1. The van der Waals surface area contributed by atoms with Crippen LogP contribution in [0.3, 0.4) is 0 Å². The topological polar surface area (TPSA) is 46.5 Å². The van der Waals surface area contributed by atoms with Gasteiger partial charge >= 0.3 is 160 Å². The van der Waals surface area contributed by atoms with Crippen molar-refractivity contribution in [3.8, 4) is 0 Å². The van der Waals surface area contributed by atoms with Crippen LogP contribution in [0.5, 0.6) is 0 Å². The van der Waals surface area contributed by atoms with Gasteiger partial charge in [0.1, 0.15) is 0 Å². The van der Waals surface area contributed by atoms with Gasteiger partial charge in [0, 0.05) is 0 Å². The number of ether oxygens (including phenoxy) is 1. The molecule has 1 N–H and O–H groups in total. The SMILES string of the molecule is CCC[CH2][Sn]([CH2]CCC)([CH2]CCC)[C](=C/CCO)/C(C)=C/C(=O)OC. The second kappa shape index (κ2) is 14.8. The van der Waals surface area contributed by atoms with Crippen LogP contribution >= 0.6 is 0 Å². The van der Waals surface area contributed by atoms with E-state index in [9.17, 15) is 9.90 Å². The Kier molecular flexibility index (Phi) is 14.7. The van der Waals surface area contributed by atoms with Gasteiger partial charge in [-0.05, 0) is 0 Å². The van der Waals surface area contributed by atoms with Gasteiger partial charge in [-0.2, -0.15) is 0 Å². The number of carbonyl (C=O) groups excluding carboxylic acids is 1. The molecule has 0 spiro atoms. The van der Waals surface area contributed by atoms with Gasteiger partial charge in [0.2, 0.25) is 0 Å². The van der Waals surface area contributed by atoms with E-state index in [2.05, 4.69) is 33.8 Å². The molecule has 4 heteroatoms. The van der Waals surface area contributed by atoms with Crippen molar-refractivity contribution < 1.29 is 14.6 Å². The van der Waals surface area contributed by atoms with Crippen molar-refractivity contribution in [2.45, 2.75) is 86.0 Å². The Morgan fingerprint density at radius 2 is 1.48 bits per heavy atom. The van der Waals surface area contributed by atoms with E-state index < -0.39 is 18.4 Å². The fraction of sp³-hybridized carbons (Fsp3) is 0.762. The zero-order chi connectivity index (χ0) is 19.1. The fourth-order valence-corrected chi connectivity index (χ4v) is 21.2.